The predicted molar refractivity (Wildman–Crippen MR) is 52.6 cm³/mol. The van der Waals surface area contributed by atoms with Crippen LogP contribution in [0.5, 0.6) is 0 Å². The first-order chi connectivity index (χ1) is 6.27. The Bertz CT molecular complexity index is 162. The van der Waals surface area contributed by atoms with Gasteiger partial charge in [0.15, 0.2) is 0 Å². The maximum atomic E-state index is 5.88. The quantitative estimate of drug-likeness (QED) is 0.682. The first-order valence-electron chi connectivity index (χ1n) is 5.32. The van der Waals surface area contributed by atoms with E-state index >= 15 is 0 Å². The second-order valence-electron chi connectivity index (χ2n) is 4.43. The Morgan fingerprint density at radius 2 is 1.69 bits per heavy atom. The molecule has 0 bridgehead atoms. The molecule has 1 saturated carbocycles. The Hall–Kier alpha value is -0.120. The highest BCUT2D eigenvalue weighted by atomic mass is 16.5. The third kappa shape index (κ3) is 2.03. The number of hydrogen-bond acceptors (Lipinski definition) is 3. The van der Waals surface area contributed by atoms with Crippen LogP contribution in [-0.4, -0.2) is 43.3 Å². The predicted octanol–water partition coefficient (Wildman–Crippen LogP) is 0.587. The van der Waals surface area contributed by atoms with Gasteiger partial charge in [-0.15, -0.1) is 0 Å². The molecule has 3 heteroatoms. The van der Waals surface area contributed by atoms with Crippen molar-refractivity contribution in [1.29, 1.82) is 0 Å². The Labute approximate surface area is 80.2 Å². The van der Waals surface area contributed by atoms with Crippen LogP contribution in [-0.2, 0) is 4.74 Å². The lowest BCUT2D eigenvalue weighted by Crippen LogP contribution is -2.52. The van der Waals surface area contributed by atoms with E-state index in [4.69, 9.17) is 10.5 Å². The number of likely N-dealkylation sites (N-methyl/N-ethyl adjacent to an activating group) is 1. The van der Waals surface area contributed by atoms with E-state index in [0.29, 0.717) is 12.1 Å². The maximum Gasteiger partial charge on any atom is 0.0645 e. The van der Waals surface area contributed by atoms with Crippen LogP contribution in [0.15, 0.2) is 0 Å². The molecule has 1 aliphatic carbocycles. The van der Waals surface area contributed by atoms with E-state index in [1.54, 1.807) is 0 Å². The molecule has 2 N–H and O–H groups in total. The average molecular weight is 184 g/mol. The van der Waals surface area contributed by atoms with Gasteiger partial charge in [0.2, 0.25) is 0 Å². The second-order valence-corrected chi connectivity index (χ2v) is 4.43. The summed E-state index contributed by atoms with van der Waals surface area (Å²) in [6.07, 6.45) is 4.94. The number of rotatable bonds is 2. The van der Waals surface area contributed by atoms with Crippen LogP contribution in [0.4, 0.5) is 0 Å². The van der Waals surface area contributed by atoms with E-state index < -0.39 is 0 Å². The van der Waals surface area contributed by atoms with Gasteiger partial charge in [0, 0.05) is 12.1 Å². The number of nitrogens with zero attached hydrogens (tertiary/aromatic N) is 1. The molecule has 0 aromatic rings. The summed E-state index contributed by atoms with van der Waals surface area (Å²) in [5.74, 6) is 0. The molecule has 2 aliphatic rings. The van der Waals surface area contributed by atoms with Gasteiger partial charge in [0.05, 0.1) is 19.3 Å². The summed E-state index contributed by atoms with van der Waals surface area (Å²) in [4.78, 5) is 2.50. The van der Waals surface area contributed by atoms with Gasteiger partial charge in [-0.05, 0) is 32.7 Å². The van der Waals surface area contributed by atoms with Crippen molar-refractivity contribution in [3.63, 3.8) is 0 Å². The number of hydrogen-bond donors (Lipinski definition) is 1. The molecule has 1 saturated heterocycles. The van der Waals surface area contributed by atoms with Gasteiger partial charge in [0.1, 0.15) is 0 Å². The minimum Gasteiger partial charge on any atom is -0.378 e. The molecule has 0 spiro atoms. The minimum absolute atomic E-state index is 0.460. The van der Waals surface area contributed by atoms with Crippen molar-refractivity contribution in [2.45, 2.75) is 43.8 Å². The van der Waals surface area contributed by atoms with Gasteiger partial charge in [-0.3, -0.25) is 4.90 Å². The third-order valence-corrected chi connectivity index (χ3v) is 3.51. The summed E-state index contributed by atoms with van der Waals surface area (Å²) in [6, 6.07) is 1.90. The number of ether oxygens (including phenoxy) is 1. The fraction of sp³-hybridized carbons (Fsp3) is 1.00. The van der Waals surface area contributed by atoms with E-state index in [0.717, 1.165) is 19.3 Å². The van der Waals surface area contributed by atoms with Crippen LogP contribution in [0, 0.1) is 0 Å². The van der Waals surface area contributed by atoms with Gasteiger partial charge in [0.25, 0.3) is 0 Å². The molecule has 0 atom stereocenters. The molecule has 1 aliphatic heterocycles. The van der Waals surface area contributed by atoms with E-state index in [9.17, 15) is 0 Å². The Morgan fingerprint density at radius 3 is 2.15 bits per heavy atom. The zero-order valence-electron chi connectivity index (χ0n) is 8.41. The summed E-state index contributed by atoms with van der Waals surface area (Å²) < 4.78 is 5.20. The number of nitrogens with two attached hydrogens (primary N) is 1. The standard InChI is InChI=1S/C10H20N2O/c1-12(10-6-13-7-10)9-4-2-8(11)3-5-9/h8-10H,2-7,11H2,1H3. The molecule has 2 fully saturated rings. The SMILES string of the molecule is CN(C1CCC(N)CC1)C1COC1. The molecule has 0 amide bonds. The summed E-state index contributed by atoms with van der Waals surface area (Å²) in [5, 5.41) is 0. The van der Waals surface area contributed by atoms with Crippen LogP contribution < -0.4 is 5.73 Å². The van der Waals surface area contributed by atoms with Crippen molar-refractivity contribution in [2.24, 2.45) is 5.73 Å². The fourth-order valence-electron chi connectivity index (χ4n) is 2.27. The van der Waals surface area contributed by atoms with E-state index in [1.807, 2.05) is 0 Å². The summed E-state index contributed by atoms with van der Waals surface area (Å²) in [6.45, 7) is 1.86. The van der Waals surface area contributed by atoms with Gasteiger partial charge < -0.3 is 10.5 Å². The third-order valence-electron chi connectivity index (χ3n) is 3.51. The van der Waals surface area contributed by atoms with E-state index in [1.165, 1.54) is 25.7 Å². The zero-order chi connectivity index (χ0) is 9.26. The Morgan fingerprint density at radius 1 is 1.08 bits per heavy atom. The lowest BCUT2D eigenvalue weighted by molar-refractivity contribution is -0.0737. The normalized spacial score (nSPS) is 36.2. The highest BCUT2D eigenvalue weighted by Crippen LogP contribution is 2.24. The summed E-state index contributed by atoms with van der Waals surface area (Å²) >= 11 is 0. The molecule has 0 unspecified atom stereocenters. The second kappa shape index (κ2) is 3.95. The molecule has 3 nitrogen and oxygen atoms in total. The molecule has 0 radical (unpaired) electrons. The van der Waals surface area contributed by atoms with Gasteiger partial charge >= 0.3 is 0 Å². The van der Waals surface area contributed by atoms with E-state index in [2.05, 4.69) is 11.9 Å². The van der Waals surface area contributed by atoms with Gasteiger partial charge in [-0.1, -0.05) is 0 Å². The van der Waals surface area contributed by atoms with Crippen LogP contribution >= 0.6 is 0 Å². The molecular weight excluding hydrogens is 164 g/mol. The molecule has 1 heterocycles. The molecule has 2 rings (SSSR count). The first-order valence-corrected chi connectivity index (χ1v) is 5.32. The van der Waals surface area contributed by atoms with Crippen LogP contribution in [0.1, 0.15) is 25.7 Å². The molecular formula is C10H20N2O. The zero-order valence-corrected chi connectivity index (χ0v) is 8.41. The lowest BCUT2D eigenvalue weighted by Gasteiger charge is -2.42. The average Bonchev–Trinajstić information content (AvgIpc) is 2.02. The van der Waals surface area contributed by atoms with Gasteiger partial charge in [-0.25, -0.2) is 0 Å². The van der Waals surface area contributed by atoms with Crippen molar-refractivity contribution in [1.82, 2.24) is 4.90 Å². The monoisotopic (exact) mass is 184 g/mol. The van der Waals surface area contributed by atoms with Crippen molar-refractivity contribution < 1.29 is 4.74 Å². The summed E-state index contributed by atoms with van der Waals surface area (Å²) in [5.41, 5.74) is 5.88. The molecule has 0 aromatic heterocycles. The fourth-order valence-corrected chi connectivity index (χ4v) is 2.27. The Kier molecular flexibility index (Phi) is 2.86. The van der Waals surface area contributed by atoms with Crippen LogP contribution in [0.2, 0.25) is 0 Å². The van der Waals surface area contributed by atoms with Crippen molar-refractivity contribution in [2.75, 3.05) is 20.3 Å². The molecule has 13 heavy (non-hydrogen) atoms. The largest absolute Gasteiger partial charge is 0.378 e. The van der Waals surface area contributed by atoms with Crippen molar-refractivity contribution >= 4 is 0 Å². The van der Waals surface area contributed by atoms with E-state index in [-0.39, 0.29) is 0 Å². The van der Waals surface area contributed by atoms with Crippen molar-refractivity contribution in [3.8, 4) is 0 Å². The molecule has 76 valence electrons. The first kappa shape index (κ1) is 9.44. The topological polar surface area (TPSA) is 38.5 Å². The maximum absolute atomic E-state index is 5.88. The minimum atomic E-state index is 0.460. The lowest BCUT2D eigenvalue weighted by atomic mass is 9.90. The Balaban J connectivity index is 1.79. The van der Waals surface area contributed by atoms with Gasteiger partial charge in [-0.2, -0.15) is 0 Å². The van der Waals surface area contributed by atoms with Crippen LogP contribution in [0.3, 0.4) is 0 Å². The van der Waals surface area contributed by atoms with Crippen molar-refractivity contribution in [3.05, 3.63) is 0 Å². The summed E-state index contributed by atoms with van der Waals surface area (Å²) in [7, 11) is 2.23. The highest BCUT2D eigenvalue weighted by molar-refractivity contribution is 4.85. The highest BCUT2D eigenvalue weighted by Gasteiger charge is 2.30. The smallest absolute Gasteiger partial charge is 0.0645 e. The molecule has 0 aromatic carbocycles. The van der Waals surface area contributed by atoms with Crippen LogP contribution in [0.25, 0.3) is 0 Å².